The van der Waals surface area contributed by atoms with E-state index >= 15 is 0 Å². The van der Waals surface area contributed by atoms with E-state index < -0.39 is 0 Å². The Labute approximate surface area is 103 Å². The Kier molecular flexibility index (Phi) is 3.42. The molecule has 84 valence electrons. The summed E-state index contributed by atoms with van der Waals surface area (Å²) >= 11 is 3.48. The summed E-state index contributed by atoms with van der Waals surface area (Å²) in [5, 5.41) is 0. The molecule has 0 unspecified atom stereocenters. The highest BCUT2D eigenvalue weighted by atomic mass is 79.9. The molecule has 0 amide bonds. The van der Waals surface area contributed by atoms with Gasteiger partial charge in [0.15, 0.2) is 0 Å². The molecule has 0 atom stereocenters. The maximum atomic E-state index is 10.1. The topological polar surface area (TPSA) is 38.7 Å². The Balaban J connectivity index is 2.32. The van der Waals surface area contributed by atoms with Crippen LogP contribution in [0.1, 0.15) is 24.0 Å². The van der Waals surface area contributed by atoms with E-state index in [1.165, 1.54) is 0 Å². The predicted octanol–water partition coefficient (Wildman–Crippen LogP) is 3.13. The summed E-state index contributed by atoms with van der Waals surface area (Å²) in [5.74, 6) is 0.812. The smallest absolute Gasteiger partial charge is 0.235 e. The van der Waals surface area contributed by atoms with Crippen LogP contribution in [0.2, 0.25) is 0 Å². The van der Waals surface area contributed by atoms with Gasteiger partial charge in [-0.2, -0.15) is 0 Å². The van der Waals surface area contributed by atoms with Crippen molar-refractivity contribution in [1.82, 2.24) is 0 Å². The third-order valence-electron chi connectivity index (χ3n) is 2.39. The maximum Gasteiger partial charge on any atom is 0.235 e. The molecule has 0 heterocycles. The van der Waals surface area contributed by atoms with Gasteiger partial charge in [0.2, 0.25) is 6.08 Å². The third-order valence-corrected chi connectivity index (χ3v) is 2.98. The predicted molar refractivity (Wildman–Crippen MR) is 64.4 cm³/mol. The second kappa shape index (κ2) is 4.81. The van der Waals surface area contributed by atoms with Crippen LogP contribution in [-0.4, -0.2) is 12.2 Å². The van der Waals surface area contributed by atoms with Gasteiger partial charge in [-0.05, 0) is 47.3 Å². The summed E-state index contributed by atoms with van der Waals surface area (Å²) in [5.41, 5.74) is 2.05. The molecule has 2 rings (SSSR count). The van der Waals surface area contributed by atoms with Crippen molar-refractivity contribution in [2.45, 2.75) is 32.4 Å². The fourth-order valence-corrected chi connectivity index (χ4v) is 2.23. The lowest BCUT2D eigenvalue weighted by atomic mass is 10.1. The largest absolute Gasteiger partial charge is 0.489 e. The maximum absolute atomic E-state index is 10.1. The zero-order chi connectivity index (χ0) is 11.5. The van der Waals surface area contributed by atoms with E-state index in [0.29, 0.717) is 12.6 Å². The van der Waals surface area contributed by atoms with Crippen LogP contribution in [0, 0.1) is 6.92 Å². The summed E-state index contributed by atoms with van der Waals surface area (Å²) in [6, 6.07) is 4.00. The summed E-state index contributed by atoms with van der Waals surface area (Å²) in [7, 11) is 0. The number of aryl methyl sites for hydroxylation is 1. The number of nitrogens with zero attached hydrogens (tertiary/aromatic N) is 1. The number of rotatable bonds is 4. The minimum Gasteiger partial charge on any atom is -0.489 e. The van der Waals surface area contributed by atoms with Gasteiger partial charge in [0.05, 0.1) is 17.1 Å². The molecule has 1 fully saturated rings. The molecule has 1 aliphatic carbocycles. The minimum atomic E-state index is 0.325. The van der Waals surface area contributed by atoms with Crippen molar-refractivity contribution in [2.24, 2.45) is 4.99 Å². The second-order valence-electron chi connectivity index (χ2n) is 3.96. The molecule has 0 saturated heterocycles. The van der Waals surface area contributed by atoms with Gasteiger partial charge in [0.25, 0.3) is 0 Å². The summed E-state index contributed by atoms with van der Waals surface area (Å²) in [6.45, 7) is 2.33. The molecule has 0 spiro atoms. The van der Waals surface area contributed by atoms with Gasteiger partial charge in [0.1, 0.15) is 5.75 Å². The normalized spacial score (nSPS) is 14.4. The molecule has 0 aromatic heterocycles. The number of isocyanates is 1. The van der Waals surface area contributed by atoms with Crippen LogP contribution in [0.15, 0.2) is 21.6 Å². The van der Waals surface area contributed by atoms with Crippen LogP contribution < -0.4 is 4.74 Å². The van der Waals surface area contributed by atoms with E-state index in [0.717, 1.165) is 34.2 Å². The lowest BCUT2D eigenvalue weighted by Crippen LogP contribution is -2.01. The molecule has 4 heteroatoms. The molecule has 0 aliphatic heterocycles. The number of hydrogen-bond acceptors (Lipinski definition) is 3. The highest BCUT2D eigenvalue weighted by molar-refractivity contribution is 9.10. The Morgan fingerprint density at radius 3 is 2.94 bits per heavy atom. The molecule has 16 heavy (non-hydrogen) atoms. The van der Waals surface area contributed by atoms with Crippen molar-refractivity contribution in [3.63, 3.8) is 0 Å². The van der Waals surface area contributed by atoms with E-state index in [9.17, 15) is 4.79 Å². The first-order valence-corrected chi connectivity index (χ1v) is 5.99. The van der Waals surface area contributed by atoms with Crippen LogP contribution in [0.3, 0.4) is 0 Å². The van der Waals surface area contributed by atoms with Gasteiger partial charge in [-0.15, -0.1) is 0 Å². The van der Waals surface area contributed by atoms with Gasteiger partial charge in [0, 0.05) is 5.56 Å². The molecular formula is C12H12BrNO2. The Morgan fingerprint density at radius 2 is 2.31 bits per heavy atom. The number of aliphatic imine (C=N–C) groups is 1. The quantitative estimate of drug-likeness (QED) is 0.628. The molecule has 1 aromatic rings. The first-order chi connectivity index (χ1) is 7.70. The van der Waals surface area contributed by atoms with Gasteiger partial charge in [-0.25, -0.2) is 9.79 Å². The highest BCUT2D eigenvalue weighted by Crippen LogP contribution is 2.36. The standard InChI is InChI=1S/C12H12BrNO2/c1-8-4-9(6-14-7-15)12(11(13)5-8)16-10-2-3-10/h4-5,10H,2-3,6H2,1H3. The summed E-state index contributed by atoms with van der Waals surface area (Å²) in [4.78, 5) is 13.8. The van der Waals surface area contributed by atoms with Crippen molar-refractivity contribution >= 4 is 22.0 Å². The van der Waals surface area contributed by atoms with Gasteiger partial charge in [-0.3, -0.25) is 0 Å². The summed E-state index contributed by atoms with van der Waals surface area (Å²) < 4.78 is 6.73. The SMILES string of the molecule is Cc1cc(Br)c(OC2CC2)c(CN=C=O)c1. The lowest BCUT2D eigenvalue weighted by molar-refractivity contribution is 0.298. The van der Waals surface area contributed by atoms with Crippen LogP contribution in [0.5, 0.6) is 5.75 Å². The number of ether oxygens (including phenoxy) is 1. The van der Waals surface area contributed by atoms with Crippen molar-refractivity contribution in [3.8, 4) is 5.75 Å². The van der Waals surface area contributed by atoms with Crippen molar-refractivity contribution in [2.75, 3.05) is 0 Å². The first-order valence-electron chi connectivity index (χ1n) is 5.20. The molecule has 1 aromatic carbocycles. The molecule has 0 N–H and O–H groups in total. The van der Waals surface area contributed by atoms with Crippen LogP contribution in [0.4, 0.5) is 0 Å². The molecule has 1 saturated carbocycles. The third kappa shape index (κ3) is 2.71. The number of hydrogen-bond donors (Lipinski definition) is 0. The molecular weight excluding hydrogens is 270 g/mol. The van der Waals surface area contributed by atoms with Crippen LogP contribution in [-0.2, 0) is 11.3 Å². The highest BCUT2D eigenvalue weighted by Gasteiger charge is 2.25. The van der Waals surface area contributed by atoms with Gasteiger partial charge >= 0.3 is 0 Å². The van der Waals surface area contributed by atoms with E-state index in [-0.39, 0.29) is 0 Å². The number of halogens is 1. The lowest BCUT2D eigenvalue weighted by Gasteiger charge is -2.12. The Morgan fingerprint density at radius 1 is 1.56 bits per heavy atom. The van der Waals surface area contributed by atoms with Crippen molar-refractivity contribution in [3.05, 3.63) is 27.7 Å². The van der Waals surface area contributed by atoms with Gasteiger partial charge in [-0.1, -0.05) is 6.07 Å². The number of carbonyl (C=O) groups excluding carboxylic acids is 1. The van der Waals surface area contributed by atoms with E-state index in [2.05, 4.69) is 20.9 Å². The fraction of sp³-hybridized carbons (Fsp3) is 0.417. The molecule has 3 nitrogen and oxygen atoms in total. The van der Waals surface area contributed by atoms with Crippen LogP contribution >= 0.6 is 15.9 Å². The average molecular weight is 282 g/mol. The van der Waals surface area contributed by atoms with Crippen LogP contribution in [0.25, 0.3) is 0 Å². The van der Waals surface area contributed by atoms with Crippen molar-refractivity contribution in [1.29, 1.82) is 0 Å². The molecule has 0 bridgehead atoms. The zero-order valence-electron chi connectivity index (χ0n) is 9.00. The first kappa shape index (κ1) is 11.4. The van der Waals surface area contributed by atoms with Crippen molar-refractivity contribution < 1.29 is 9.53 Å². The average Bonchev–Trinajstić information content (AvgIpc) is 3.03. The second-order valence-corrected chi connectivity index (χ2v) is 4.81. The van der Waals surface area contributed by atoms with E-state index in [4.69, 9.17) is 4.74 Å². The molecule has 1 aliphatic rings. The van der Waals surface area contributed by atoms with E-state index in [1.54, 1.807) is 6.08 Å². The molecule has 0 radical (unpaired) electrons. The zero-order valence-corrected chi connectivity index (χ0v) is 10.6. The van der Waals surface area contributed by atoms with E-state index in [1.807, 2.05) is 19.1 Å². The Bertz CT molecular complexity index is 449. The summed E-state index contributed by atoms with van der Waals surface area (Å²) in [6.07, 6.45) is 4.10. The number of benzene rings is 1. The fourth-order valence-electron chi connectivity index (χ4n) is 1.52. The monoisotopic (exact) mass is 281 g/mol. The minimum absolute atomic E-state index is 0.325. The Hall–Kier alpha value is -1.12. The van der Waals surface area contributed by atoms with Gasteiger partial charge < -0.3 is 4.74 Å².